The fourth-order valence-electron chi connectivity index (χ4n) is 3.58. The minimum absolute atomic E-state index is 0.0814. The Balaban J connectivity index is 1.89. The lowest BCUT2D eigenvalue weighted by Gasteiger charge is -2.23. The van der Waals surface area contributed by atoms with Gasteiger partial charge in [-0.15, -0.1) is 11.3 Å². The molecule has 164 valence electrons. The smallest absolute Gasteiger partial charge is 0.301 e. The molecule has 1 atom stereocenters. The van der Waals surface area contributed by atoms with Crippen molar-refractivity contribution in [2.24, 2.45) is 0 Å². The van der Waals surface area contributed by atoms with E-state index in [0.717, 1.165) is 0 Å². The van der Waals surface area contributed by atoms with Crippen LogP contribution in [0.2, 0.25) is 0 Å². The van der Waals surface area contributed by atoms with Gasteiger partial charge in [0.1, 0.15) is 11.5 Å². The Morgan fingerprint density at radius 1 is 1.19 bits per heavy atom. The Bertz CT molecular complexity index is 1190. The number of ether oxygens (including phenoxy) is 2. The number of phenols is 1. The number of amides is 1. The molecule has 3 aromatic rings. The van der Waals surface area contributed by atoms with Gasteiger partial charge >= 0.3 is 5.91 Å². The first-order valence-electron chi connectivity index (χ1n) is 9.76. The number of methoxy groups -OCH3 is 1. The number of hydrogen-bond acceptors (Lipinski definition) is 8. The molecule has 9 heteroatoms. The number of aromatic nitrogens is 1. The van der Waals surface area contributed by atoms with E-state index in [1.165, 1.54) is 41.7 Å². The van der Waals surface area contributed by atoms with Crippen molar-refractivity contribution >= 4 is 33.9 Å². The quantitative estimate of drug-likeness (QED) is 0.332. The summed E-state index contributed by atoms with van der Waals surface area (Å²) in [6.45, 7) is 2.35. The first kappa shape index (κ1) is 21.4. The van der Waals surface area contributed by atoms with Crippen LogP contribution in [-0.4, -0.2) is 40.6 Å². The summed E-state index contributed by atoms with van der Waals surface area (Å²) in [7, 11) is 1.40. The van der Waals surface area contributed by atoms with Crippen molar-refractivity contribution in [2.45, 2.75) is 13.0 Å². The van der Waals surface area contributed by atoms with Crippen molar-refractivity contribution in [3.05, 3.63) is 70.7 Å². The molecule has 1 aliphatic heterocycles. The van der Waals surface area contributed by atoms with Gasteiger partial charge in [-0.3, -0.25) is 14.5 Å². The highest BCUT2D eigenvalue weighted by Crippen LogP contribution is 2.44. The van der Waals surface area contributed by atoms with E-state index in [-0.39, 0.29) is 22.8 Å². The Labute approximate surface area is 188 Å². The molecule has 0 saturated carbocycles. The summed E-state index contributed by atoms with van der Waals surface area (Å²) in [5, 5.41) is 23.1. The SMILES string of the molecule is CCOc1ccc(C(O)=C2C(=O)C(=O)N(c3nccs3)[C@H]2c2ccc(O)c(OC)c2)cc1. The van der Waals surface area contributed by atoms with E-state index in [1.807, 2.05) is 6.92 Å². The van der Waals surface area contributed by atoms with E-state index < -0.39 is 17.7 Å². The van der Waals surface area contributed by atoms with Crippen molar-refractivity contribution in [2.75, 3.05) is 18.6 Å². The van der Waals surface area contributed by atoms with Crippen LogP contribution in [0.1, 0.15) is 24.1 Å². The molecule has 0 bridgehead atoms. The van der Waals surface area contributed by atoms with Crippen LogP contribution in [0.4, 0.5) is 5.13 Å². The predicted molar refractivity (Wildman–Crippen MR) is 119 cm³/mol. The molecule has 1 aliphatic rings. The van der Waals surface area contributed by atoms with E-state index in [4.69, 9.17) is 9.47 Å². The molecule has 1 fully saturated rings. The zero-order chi connectivity index (χ0) is 22.8. The highest BCUT2D eigenvalue weighted by atomic mass is 32.1. The van der Waals surface area contributed by atoms with Crippen LogP contribution in [0.5, 0.6) is 17.2 Å². The Morgan fingerprint density at radius 3 is 2.56 bits per heavy atom. The maximum atomic E-state index is 13.1. The van der Waals surface area contributed by atoms with E-state index >= 15 is 0 Å². The molecular weight excluding hydrogens is 432 g/mol. The largest absolute Gasteiger partial charge is 0.507 e. The number of aliphatic hydroxyl groups excluding tert-OH is 1. The molecule has 8 nitrogen and oxygen atoms in total. The predicted octanol–water partition coefficient (Wildman–Crippen LogP) is 3.88. The maximum absolute atomic E-state index is 13.1. The summed E-state index contributed by atoms with van der Waals surface area (Å²) in [5.74, 6) is -1.25. The van der Waals surface area contributed by atoms with Gasteiger partial charge in [0.05, 0.1) is 25.3 Å². The number of Topliss-reactive ketones (excluding diaryl/α,β-unsaturated/α-hetero) is 1. The number of thiazole rings is 1. The van der Waals surface area contributed by atoms with Crippen molar-refractivity contribution in [3.63, 3.8) is 0 Å². The third kappa shape index (κ3) is 3.67. The third-order valence-electron chi connectivity index (χ3n) is 5.03. The Morgan fingerprint density at radius 2 is 1.94 bits per heavy atom. The average molecular weight is 452 g/mol. The fraction of sp³-hybridized carbons (Fsp3) is 0.174. The number of aliphatic hydroxyl groups is 1. The summed E-state index contributed by atoms with van der Waals surface area (Å²) >= 11 is 1.19. The molecular formula is C23H20N2O6S. The lowest BCUT2D eigenvalue weighted by Crippen LogP contribution is -2.29. The van der Waals surface area contributed by atoms with E-state index in [0.29, 0.717) is 28.6 Å². The number of carbonyl (C=O) groups is 2. The number of nitrogens with zero attached hydrogens (tertiary/aromatic N) is 2. The number of hydrogen-bond donors (Lipinski definition) is 2. The summed E-state index contributed by atoms with van der Waals surface area (Å²) in [6, 6.07) is 10.1. The van der Waals surface area contributed by atoms with Crippen molar-refractivity contribution in [1.29, 1.82) is 0 Å². The van der Waals surface area contributed by atoms with Gasteiger partial charge in [0, 0.05) is 17.1 Å². The molecule has 2 N–H and O–H groups in total. The van der Waals surface area contributed by atoms with E-state index in [9.17, 15) is 19.8 Å². The second-order valence-corrected chi connectivity index (χ2v) is 7.75. The molecule has 0 radical (unpaired) electrons. The molecule has 32 heavy (non-hydrogen) atoms. The van der Waals surface area contributed by atoms with Crippen LogP contribution in [0.3, 0.4) is 0 Å². The van der Waals surface area contributed by atoms with Gasteiger partial charge in [-0.05, 0) is 48.9 Å². The maximum Gasteiger partial charge on any atom is 0.301 e. The molecule has 0 unspecified atom stereocenters. The monoisotopic (exact) mass is 452 g/mol. The average Bonchev–Trinajstić information content (AvgIpc) is 3.41. The molecule has 2 aromatic carbocycles. The van der Waals surface area contributed by atoms with Gasteiger partial charge in [0.15, 0.2) is 16.6 Å². The van der Waals surface area contributed by atoms with Gasteiger partial charge in [-0.25, -0.2) is 4.98 Å². The van der Waals surface area contributed by atoms with Crippen molar-refractivity contribution in [1.82, 2.24) is 4.98 Å². The van der Waals surface area contributed by atoms with Crippen LogP contribution in [0.15, 0.2) is 59.6 Å². The minimum Gasteiger partial charge on any atom is -0.507 e. The number of benzene rings is 2. The molecule has 4 rings (SSSR count). The van der Waals surface area contributed by atoms with Gasteiger partial charge in [0.2, 0.25) is 0 Å². The Hall–Kier alpha value is -3.85. The van der Waals surface area contributed by atoms with Crippen molar-refractivity contribution < 1.29 is 29.3 Å². The summed E-state index contributed by atoms with van der Waals surface area (Å²) in [6.07, 6.45) is 1.53. The number of aromatic hydroxyl groups is 1. The highest BCUT2D eigenvalue weighted by Gasteiger charge is 2.48. The minimum atomic E-state index is -0.956. The normalized spacial score (nSPS) is 17.6. The van der Waals surface area contributed by atoms with Crippen LogP contribution in [-0.2, 0) is 9.59 Å². The number of anilines is 1. The van der Waals surface area contributed by atoms with Crippen LogP contribution < -0.4 is 14.4 Å². The zero-order valence-electron chi connectivity index (χ0n) is 17.3. The number of ketones is 1. The highest BCUT2D eigenvalue weighted by molar-refractivity contribution is 7.14. The standard InChI is InChI=1S/C23H20N2O6S/c1-3-31-15-7-4-13(5-8-15)20(27)18-19(14-6-9-16(26)17(12-14)30-2)25(22(29)21(18)28)23-24-10-11-32-23/h4-12,19,26-27H,3H2,1-2H3/t19-/m0/s1. The summed E-state index contributed by atoms with van der Waals surface area (Å²) in [5.41, 5.74) is 0.755. The molecule has 1 aromatic heterocycles. The van der Waals surface area contributed by atoms with Crippen molar-refractivity contribution in [3.8, 4) is 17.2 Å². The molecule has 1 saturated heterocycles. The lowest BCUT2D eigenvalue weighted by atomic mass is 9.95. The number of rotatable bonds is 6. The fourth-order valence-corrected chi connectivity index (χ4v) is 4.24. The van der Waals surface area contributed by atoms with Crippen LogP contribution in [0, 0.1) is 0 Å². The lowest BCUT2D eigenvalue weighted by molar-refractivity contribution is -0.132. The van der Waals surface area contributed by atoms with Crippen LogP contribution in [0.25, 0.3) is 5.76 Å². The second kappa shape index (κ2) is 8.72. The number of carbonyl (C=O) groups excluding carboxylic acids is 2. The molecule has 1 amide bonds. The summed E-state index contributed by atoms with van der Waals surface area (Å²) in [4.78, 5) is 31.5. The molecule has 0 spiro atoms. The van der Waals surface area contributed by atoms with Gasteiger partial charge in [0.25, 0.3) is 5.78 Å². The van der Waals surface area contributed by atoms with E-state index in [1.54, 1.807) is 35.7 Å². The molecule has 0 aliphatic carbocycles. The van der Waals surface area contributed by atoms with E-state index in [2.05, 4.69) is 4.98 Å². The van der Waals surface area contributed by atoms with Gasteiger partial charge in [-0.2, -0.15) is 0 Å². The topological polar surface area (TPSA) is 109 Å². The van der Waals surface area contributed by atoms with Crippen LogP contribution >= 0.6 is 11.3 Å². The molecule has 2 heterocycles. The summed E-state index contributed by atoms with van der Waals surface area (Å²) < 4.78 is 10.6. The third-order valence-corrected chi connectivity index (χ3v) is 5.80. The zero-order valence-corrected chi connectivity index (χ0v) is 18.1. The Kier molecular flexibility index (Phi) is 5.83. The van der Waals surface area contributed by atoms with Gasteiger partial charge in [-0.1, -0.05) is 6.07 Å². The second-order valence-electron chi connectivity index (χ2n) is 6.87. The first-order valence-corrected chi connectivity index (χ1v) is 10.6. The van der Waals surface area contributed by atoms with Gasteiger partial charge < -0.3 is 19.7 Å². The first-order chi connectivity index (χ1) is 15.5. The number of phenolic OH excluding ortho intramolecular Hbond substituents is 1.